The number of hydrogen-bond acceptors (Lipinski definition) is 0. The van der Waals surface area contributed by atoms with Gasteiger partial charge in [-0.15, -0.1) is 0 Å². The van der Waals surface area contributed by atoms with Gasteiger partial charge in [-0.2, -0.15) is 13.2 Å². The number of aryl methyl sites for hydroxylation is 13. The van der Waals surface area contributed by atoms with Crippen LogP contribution in [-0.4, -0.2) is 4.57 Å². The summed E-state index contributed by atoms with van der Waals surface area (Å²) in [7, 11) is 0. The maximum Gasteiger partial charge on any atom is 0.416 e. The minimum absolute atomic E-state index is 0.0176. The summed E-state index contributed by atoms with van der Waals surface area (Å²) < 4.78 is 49.2. The Kier molecular flexibility index (Phi) is 12.8. The lowest BCUT2D eigenvalue weighted by Crippen LogP contribution is -2.10. The van der Waals surface area contributed by atoms with Crippen molar-refractivity contribution in [3.63, 3.8) is 0 Å². The minimum atomic E-state index is -4.69. The van der Waals surface area contributed by atoms with Gasteiger partial charge in [0.25, 0.3) is 0 Å². The Hall–Kier alpha value is -8.72. The molecule has 0 amide bonds. The molecule has 0 saturated carbocycles. The van der Waals surface area contributed by atoms with Crippen LogP contribution in [0.1, 0.15) is 100 Å². The average Bonchev–Trinajstić information content (AvgIpc) is 4.12. The Labute approximate surface area is 475 Å². The number of rotatable bonds is 7. The van der Waals surface area contributed by atoms with Gasteiger partial charge in [0.15, 0.2) is 5.69 Å². The van der Waals surface area contributed by atoms with Crippen molar-refractivity contribution < 1.29 is 13.2 Å². The van der Waals surface area contributed by atoms with Crippen molar-refractivity contribution in [2.75, 3.05) is 0 Å². The zero-order valence-electron chi connectivity index (χ0n) is 48.5. The van der Waals surface area contributed by atoms with Gasteiger partial charge in [-0.3, -0.25) is 0 Å². The van der Waals surface area contributed by atoms with Gasteiger partial charge in [0.05, 0.1) is 23.2 Å². The van der Waals surface area contributed by atoms with Gasteiger partial charge in [-0.1, -0.05) is 138 Å². The van der Waals surface area contributed by atoms with E-state index in [9.17, 15) is 0 Å². The van der Waals surface area contributed by atoms with Crippen LogP contribution in [0.3, 0.4) is 0 Å². The molecule has 2 nitrogen and oxygen atoms in total. The molecule has 0 bridgehead atoms. The lowest BCUT2D eigenvalue weighted by Gasteiger charge is -2.25. The molecule has 0 spiro atoms. The predicted molar refractivity (Wildman–Crippen MR) is 334 cm³/mol. The lowest BCUT2D eigenvalue weighted by molar-refractivity contribution is -0.137. The first-order chi connectivity index (χ1) is 38.6. The van der Waals surface area contributed by atoms with E-state index in [1.165, 1.54) is 72.8 Å². The average molecular weight is 1060 g/mol. The van der Waals surface area contributed by atoms with Gasteiger partial charge < -0.3 is 4.57 Å². The second-order valence-electron chi connectivity index (χ2n) is 23.5. The van der Waals surface area contributed by atoms with Crippen LogP contribution in [0.15, 0.2) is 152 Å². The van der Waals surface area contributed by atoms with Gasteiger partial charge in [0.2, 0.25) is 0 Å². The second kappa shape index (κ2) is 19.5. The highest BCUT2D eigenvalue weighted by Gasteiger charge is 2.38. The molecule has 1 aliphatic rings. The highest BCUT2D eigenvalue weighted by molar-refractivity contribution is 6.12. The number of fused-ring (bicyclic) bond motifs is 6. The van der Waals surface area contributed by atoms with Crippen LogP contribution in [0.5, 0.6) is 0 Å². The molecular formula is C76H65F3N2. The van der Waals surface area contributed by atoms with Gasteiger partial charge in [0, 0.05) is 22.4 Å². The highest BCUT2D eigenvalue weighted by atomic mass is 19.4. The minimum Gasteiger partial charge on any atom is -0.310 e. The quantitative estimate of drug-likeness (QED) is 0.141. The molecule has 1 aliphatic carbocycles. The summed E-state index contributed by atoms with van der Waals surface area (Å²) >= 11 is 0. The van der Waals surface area contributed by atoms with E-state index < -0.39 is 17.7 Å². The Balaban J connectivity index is 1.27. The molecule has 400 valence electrons. The molecule has 0 N–H and O–H groups in total. The smallest absolute Gasteiger partial charge is 0.310 e. The van der Waals surface area contributed by atoms with Crippen molar-refractivity contribution in [2.45, 2.75) is 102 Å². The topological polar surface area (TPSA) is 9.29 Å². The van der Waals surface area contributed by atoms with Crippen LogP contribution in [0, 0.1) is 96.6 Å². The second-order valence-corrected chi connectivity index (χ2v) is 23.5. The largest absolute Gasteiger partial charge is 0.416 e. The van der Waals surface area contributed by atoms with E-state index in [2.05, 4.69) is 214 Å². The van der Waals surface area contributed by atoms with E-state index in [1.807, 2.05) is 12.1 Å². The Morgan fingerprint density at radius 3 is 1.11 bits per heavy atom. The van der Waals surface area contributed by atoms with Crippen LogP contribution in [0.4, 0.5) is 18.9 Å². The molecule has 1 heterocycles. The number of nitrogens with zero attached hydrogens (tertiary/aromatic N) is 2. The van der Waals surface area contributed by atoms with Gasteiger partial charge >= 0.3 is 6.18 Å². The number of hydrogen-bond donors (Lipinski definition) is 0. The van der Waals surface area contributed by atoms with Crippen molar-refractivity contribution in [1.82, 2.24) is 4.57 Å². The molecule has 1 aromatic heterocycles. The summed E-state index contributed by atoms with van der Waals surface area (Å²) in [6.45, 7) is 36.6. The first-order valence-corrected chi connectivity index (χ1v) is 28.0. The number of alkyl halides is 3. The van der Waals surface area contributed by atoms with Crippen LogP contribution >= 0.6 is 0 Å². The monoisotopic (exact) mass is 1060 g/mol. The number of benzene rings is 10. The van der Waals surface area contributed by atoms with Crippen molar-refractivity contribution in [3.8, 4) is 72.4 Å². The van der Waals surface area contributed by atoms with Crippen molar-refractivity contribution >= 4 is 27.5 Å². The summed E-state index contributed by atoms with van der Waals surface area (Å²) in [6, 6.07) is 53.2. The van der Waals surface area contributed by atoms with E-state index in [-0.39, 0.29) is 16.8 Å². The first-order valence-electron chi connectivity index (χ1n) is 28.0. The maximum absolute atomic E-state index is 15.6. The standard InChI is InChI=1S/C76H65F3N2/c1-40-26-45(6)70(46(7)27-40)53-18-22-57-58-23-19-54(71-47(8)28-41(2)29-48(71)9)35-62(58)75(61(57)34-53)64-38-63(74-44(5)16-15-17-65(74)76(77,78)79)66(80-14)39-69(64)81-67-36-55(72-49(10)30-42(3)31-50(72)11)20-24-59(67)60-25-21-56(37-68(60)81)73-51(12)32-43(4)33-52(73)13/h15-39,75H,1-13H3. The Morgan fingerprint density at radius 2 is 0.741 bits per heavy atom. The molecule has 0 fully saturated rings. The summed E-state index contributed by atoms with van der Waals surface area (Å²) in [4.78, 5) is 4.22. The van der Waals surface area contributed by atoms with Crippen LogP contribution in [-0.2, 0) is 6.18 Å². The maximum atomic E-state index is 15.6. The third kappa shape index (κ3) is 8.79. The fourth-order valence-electron chi connectivity index (χ4n) is 14.6. The van der Waals surface area contributed by atoms with Crippen LogP contribution < -0.4 is 0 Å². The lowest BCUT2D eigenvalue weighted by atomic mass is 9.82. The van der Waals surface area contributed by atoms with Gasteiger partial charge in [-0.25, -0.2) is 4.85 Å². The summed E-state index contributed by atoms with van der Waals surface area (Å²) in [6.07, 6.45) is -4.69. The SMILES string of the molecule is [C-]#[N+]c1cc(-n2c3cc(-c4c(C)cc(C)cc4C)ccc3c3ccc(-c4c(C)cc(C)cc4C)cc32)c(C2c3cc(-c4c(C)cc(C)cc4C)ccc3-c3ccc(-c4c(C)cc(C)cc4C)cc32)cc1-c1c(C)cccc1C(F)(F)F. The summed E-state index contributed by atoms with van der Waals surface area (Å²) in [5.74, 6) is -0.499. The Bertz CT molecular complexity index is 4240. The molecule has 5 heteroatoms. The zero-order chi connectivity index (χ0) is 57.2. The third-order valence-electron chi connectivity index (χ3n) is 17.3. The molecule has 0 unspecified atom stereocenters. The molecule has 0 saturated heterocycles. The van der Waals surface area contributed by atoms with Gasteiger partial charge in [0.1, 0.15) is 0 Å². The molecule has 10 aromatic carbocycles. The third-order valence-corrected chi connectivity index (χ3v) is 17.3. The van der Waals surface area contributed by atoms with Crippen LogP contribution in [0.25, 0.3) is 99.1 Å². The van der Waals surface area contributed by atoms with E-state index in [1.54, 1.807) is 13.0 Å². The van der Waals surface area contributed by atoms with E-state index >= 15 is 13.2 Å². The molecule has 0 aliphatic heterocycles. The van der Waals surface area contributed by atoms with Crippen LogP contribution in [0.2, 0.25) is 0 Å². The van der Waals surface area contributed by atoms with Crippen molar-refractivity contribution in [3.05, 3.63) is 258 Å². The summed E-state index contributed by atoms with van der Waals surface area (Å²) in [5.41, 5.74) is 30.8. The van der Waals surface area contributed by atoms with Crippen molar-refractivity contribution in [2.24, 2.45) is 0 Å². The molecule has 0 radical (unpaired) electrons. The molecular weight excluding hydrogens is 998 g/mol. The highest BCUT2D eigenvalue weighted by Crippen LogP contribution is 2.55. The fraction of sp³-hybridized carbons (Fsp3) is 0.197. The molecule has 12 rings (SSSR count). The zero-order valence-corrected chi connectivity index (χ0v) is 48.5. The number of aromatic nitrogens is 1. The predicted octanol–water partition coefficient (Wildman–Crippen LogP) is 21.9. The van der Waals surface area contributed by atoms with E-state index in [0.29, 0.717) is 5.56 Å². The normalized spacial score (nSPS) is 12.4. The number of halogens is 3. The first kappa shape index (κ1) is 53.0. The fourth-order valence-corrected chi connectivity index (χ4v) is 14.6. The molecule has 81 heavy (non-hydrogen) atoms. The van der Waals surface area contributed by atoms with E-state index in [4.69, 9.17) is 6.57 Å². The molecule has 11 aromatic rings. The summed E-state index contributed by atoms with van der Waals surface area (Å²) in [5, 5.41) is 2.07. The molecule has 0 atom stereocenters. The Morgan fingerprint density at radius 1 is 0.370 bits per heavy atom. The van der Waals surface area contributed by atoms with Crippen molar-refractivity contribution in [1.29, 1.82) is 0 Å². The van der Waals surface area contributed by atoms with E-state index in [0.717, 1.165) is 106 Å². The van der Waals surface area contributed by atoms with Gasteiger partial charge in [-0.05, 0) is 260 Å².